The summed E-state index contributed by atoms with van der Waals surface area (Å²) in [5, 5.41) is 4.39. The van der Waals surface area contributed by atoms with E-state index in [0.29, 0.717) is 6.04 Å². The average molecular weight is 278 g/mol. The summed E-state index contributed by atoms with van der Waals surface area (Å²) in [6.07, 6.45) is 0.923. The van der Waals surface area contributed by atoms with Crippen LogP contribution >= 0.6 is 11.3 Å². The molecule has 0 spiro atoms. The number of benzene rings is 1. The number of nitrogens with one attached hydrogen (secondary N) is 1. The molecule has 0 unspecified atom stereocenters. The first-order valence-corrected chi connectivity index (χ1v) is 7.39. The maximum atomic E-state index is 12.9. The van der Waals surface area contributed by atoms with Crippen LogP contribution in [0.2, 0.25) is 0 Å². The molecular weight excluding hydrogens is 259 g/mol. The van der Waals surface area contributed by atoms with E-state index in [1.54, 1.807) is 23.5 Å². The molecule has 0 saturated carbocycles. The summed E-state index contributed by atoms with van der Waals surface area (Å²) >= 11 is 1.69. The second-order valence-electron chi connectivity index (χ2n) is 4.78. The van der Waals surface area contributed by atoms with Gasteiger partial charge in [-0.05, 0) is 30.7 Å². The van der Waals surface area contributed by atoms with E-state index in [1.165, 1.54) is 17.0 Å². The van der Waals surface area contributed by atoms with Gasteiger partial charge < -0.3 is 5.32 Å². The van der Waals surface area contributed by atoms with E-state index in [4.69, 9.17) is 0 Å². The van der Waals surface area contributed by atoms with Crippen molar-refractivity contribution in [2.24, 2.45) is 0 Å². The molecule has 0 fully saturated rings. The lowest BCUT2D eigenvalue weighted by atomic mass is 10.2. The Kier molecular flexibility index (Phi) is 4.66. The Labute approximate surface area is 117 Å². The van der Waals surface area contributed by atoms with Gasteiger partial charge in [0, 0.05) is 23.0 Å². The van der Waals surface area contributed by atoms with E-state index >= 15 is 0 Å². The van der Waals surface area contributed by atoms with Crippen molar-refractivity contribution in [2.45, 2.75) is 39.8 Å². The lowest BCUT2D eigenvalue weighted by molar-refractivity contribution is 0.590. The van der Waals surface area contributed by atoms with Crippen LogP contribution in [0.25, 0.3) is 10.6 Å². The Balaban J connectivity index is 2.25. The van der Waals surface area contributed by atoms with Crippen LogP contribution in [0.5, 0.6) is 0 Å². The van der Waals surface area contributed by atoms with E-state index in [0.717, 1.165) is 29.2 Å². The Morgan fingerprint density at radius 3 is 2.53 bits per heavy atom. The van der Waals surface area contributed by atoms with Gasteiger partial charge in [0.25, 0.3) is 0 Å². The molecule has 0 atom stereocenters. The zero-order valence-corrected chi connectivity index (χ0v) is 12.4. The van der Waals surface area contributed by atoms with Crippen molar-refractivity contribution >= 4 is 11.3 Å². The van der Waals surface area contributed by atoms with Gasteiger partial charge in [-0.3, -0.25) is 0 Å². The highest BCUT2D eigenvalue weighted by Gasteiger charge is 2.11. The topological polar surface area (TPSA) is 24.9 Å². The first kappa shape index (κ1) is 14.2. The zero-order chi connectivity index (χ0) is 13.8. The molecule has 0 saturated heterocycles. The molecule has 2 rings (SSSR count). The van der Waals surface area contributed by atoms with Crippen molar-refractivity contribution in [3.05, 3.63) is 40.7 Å². The molecule has 0 aliphatic rings. The van der Waals surface area contributed by atoms with Crippen LogP contribution in [0.4, 0.5) is 4.39 Å². The lowest BCUT2D eigenvalue weighted by Crippen LogP contribution is -2.21. The highest BCUT2D eigenvalue weighted by molar-refractivity contribution is 7.15. The third-order valence-corrected chi connectivity index (χ3v) is 4.02. The van der Waals surface area contributed by atoms with Crippen molar-refractivity contribution in [3.8, 4) is 10.6 Å². The molecule has 2 aromatic rings. The number of hydrogen-bond acceptors (Lipinski definition) is 3. The number of aromatic nitrogens is 1. The Bertz CT molecular complexity index is 532. The average Bonchev–Trinajstić information content (AvgIpc) is 2.80. The molecule has 4 heteroatoms. The normalized spacial score (nSPS) is 11.2. The van der Waals surface area contributed by atoms with Gasteiger partial charge in [-0.25, -0.2) is 9.37 Å². The third kappa shape index (κ3) is 3.61. The summed E-state index contributed by atoms with van der Waals surface area (Å²) in [7, 11) is 0. The Morgan fingerprint density at radius 2 is 1.95 bits per heavy atom. The van der Waals surface area contributed by atoms with Gasteiger partial charge in [-0.1, -0.05) is 20.8 Å². The van der Waals surface area contributed by atoms with Gasteiger partial charge in [0.2, 0.25) is 0 Å². The van der Waals surface area contributed by atoms with Crippen LogP contribution in [0.3, 0.4) is 0 Å². The van der Waals surface area contributed by atoms with Crippen molar-refractivity contribution in [2.75, 3.05) is 0 Å². The van der Waals surface area contributed by atoms with E-state index in [1.807, 2.05) is 0 Å². The maximum Gasteiger partial charge on any atom is 0.123 e. The molecule has 1 aromatic heterocycles. The summed E-state index contributed by atoms with van der Waals surface area (Å²) in [4.78, 5) is 5.94. The molecule has 0 amide bonds. The molecule has 1 N–H and O–H groups in total. The van der Waals surface area contributed by atoms with Crippen LogP contribution in [0.15, 0.2) is 24.3 Å². The van der Waals surface area contributed by atoms with Gasteiger partial charge in [-0.2, -0.15) is 0 Å². The highest BCUT2D eigenvalue weighted by Crippen LogP contribution is 2.28. The van der Waals surface area contributed by atoms with Crippen LogP contribution in [-0.2, 0) is 13.0 Å². The molecule has 0 aliphatic heterocycles. The predicted molar refractivity (Wildman–Crippen MR) is 78.9 cm³/mol. The molecular formula is C15H19FN2S. The molecule has 102 valence electrons. The number of aryl methyl sites for hydroxylation is 1. The number of hydrogen-bond donors (Lipinski definition) is 1. The van der Waals surface area contributed by atoms with Gasteiger partial charge in [-0.15, -0.1) is 11.3 Å². The number of nitrogens with zero attached hydrogens (tertiary/aromatic N) is 1. The molecule has 1 heterocycles. The summed E-state index contributed by atoms with van der Waals surface area (Å²) in [5.41, 5.74) is 2.12. The van der Waals surface area contributed by atoms with Crippen LogP contribution in [0.1, 0.15) is 31.3 Å². The smallest absolute Gasteiger partial charge is 0.123 e. The van der Waals surface area contributed by atoms with Gasteiger partial charge >= 0.3 is 0 Å². The minimum Gasteiger partial charge on any atom is -0.310 e. The minimum atomic E-state index is -0.210. The minimum absolute atomic E-state index is 0.210. The fourth-order valence-electron chi connectivity index (χ4n) is 1.81. The zero-order valence-electron chi connectivity index (χ0n) is 11.5. The molecule has 1 aromatic carbocycles. The third-order valence-electron chi connectivity index (χ3n) is 2.88. The molecule has 0 bridgehead atoms. The number of rotatable bonds is 5. The second-order valence-corrected chi connectivity index (χ2v) is 5.87. The first-order valence-electron chi connectivity index (χ1n) is 6.58. The number of halogens is 1. The van der Waals surface area contributed by atoms with Crippen molar-refractivity contribution in [1.29, 1.82) is 0 Å². The summed E-state index contributed by atoms with van der Waals surface area (Å²) < 4.78 is 12.9. The van der Waals surface area contributed by atoms with Crippen LogP contribution < -0.4 is 5.32 Å². The number of thiazole rings is 1. The predicted octanol–water partition coefficient (Wildman–Crippen LogP) is 4.01. The Morgan fingerprint density at radius 1 is 1.26 bits per heavy atom. The molecule has 2 nitrogen and oxygen atoms in total. The van der Waals surface area contributed by atoms with Gasteiger partial charge in [0.05, 0.1) is 5.69 Å². The summed E-state index contributed by atoms with van der Waals surface area (Å²) in [6, 6.07) is 6.99. The summed E-state index contributed by atoms with van der Waals surface area (Å²) in [5.74, 6) is -0.210. The second kappa shape index (κ2) is 6.26. The largest absolute Gasteiger partial charge is 0.310 e. The van der Waals surface area contributed by atoms with E-state index < -0.39 is 0 Å². The van der Waals surface area contributed by atoms with Crippen molar-refractivity contribution in [1.82, 2.24) is 10.3 Å². The highest BCUT2D eigenvalue weighted by atomic mass is 32.1. The van der Waals surface area contributed by atoms with Gasteiger partial charge in [0.15, 0.2) is 0 Å². The van der Waals surface area contributed by atoms with Crippen molar-refractivity contribution in [3.63, 3.8) is 0 Å². The van der Waals surface area contributed by atoms with Crippen LogP contribution in [0, 0.1) is 5.82 Å². The quantitative estimate of drug-likeness (QED) is 0.894. The van der Waals surface area contributed by atoms with E-state index in [9.17, 15) is 4.39 Å². The fourth-order valence-corrected chi connectivity index (χ4v) is 2.92. The first-order chi connectivity index (χ1) is 9.10. The standard InChI is InChI=1S/C15H19FN2S/c1-4-13-14(9-17-10(2)3)19-15(18-13)11-5-7-12(16)8-6-11/h5-8,10,17H,4,9H2,1-3H3. The van der Waals surface area contributed by atoms with Crippen molar-refractivity contribution < 1.29 is 4.39 Å². The SMILES string of the molecule is CCc1nc(-c2ccc(F)cc2)sc1CNC(C)C. The lowest BCUT2D eigenvalue weighted by Gasteiger charge is -2.06. The molecule has 0 radical (unpaired) electrons. The van der Waals surface area contributed by atoms with Crippen LogP contribution in [-0.4, -0.2) is 11.0 Å². The maximum absolute atomic E-state index is 12.9. The van der Waals surface area contributed by atoms with E-state index in [2.05, 4.69) is 31.1 Å². The summed E-state index contributed by atoms with van der Waals surface area (Å²) in [6.45, 7) is 7.23. The molecule has 19 heavy (non-hydrogen) atoms. The monoisotopic (exact) mass is 278 g/mol. The fraction of sp³-hybridized carbons (Fsp3) is 0.400. The Hall–Kier alpha value is -1.26. The van der Waals surface area contributed by atoms with E-state index in [-0.39, 0.29) is 5.82 Å². The molecule has 0 aliphatic carbocycles. The van der Waals surface area contributed by atoms with Gasteiger partial charge in [0.1, 0.15) is 10.8 Å².